The molecule has 180 valence electrons. The van der Waals surface area contributed by atoms with Crippen molar-refractivity contribution in [2.24, 2.45) is 7.05 Å². The first-order valence-electron chi connectivity index (χ1n) is 11.8. The van der Waals surface area contributed by atoms with Gasteiger partial charge < -0.3 is 14.4 Å². The minimum absolute atomic E-state index is 0.0123. The van der Waals surface area contributed by atoms with Crippen LogP contribution in [0.5, 0.6) is 11.5 Å². The van der Waals surface area contributed by atoms with E-state index in [-0.39, 0.29) is 24.5 Å². The SMILES string of the molecule is CCC(C)Oc1cc2c(cc1OC)CC(=O)N(c1ccc3c(cnn3C)c1)C2c1ccc(Cl)cc1. The highest BCUT2D eigenvalue weighted by molar-refractivity contribution is 6.30. The minimum Gasteiger partial charge on any atom is -0.493 e. The van der Waals surface area contributed by atoms with Crippen molar-refractivity contribution in [2.75, 3.05) is 12.0 Å². The summed E-state index contributed by atoms with van der Waals surface area (Å²) in [6.45, 7) is 4.12. The lowest BCUT2D eigenvalue weighted by atomic mass is 9.86. The number of benzene rings is 3. The summed E-state index contributed by atoms with van der Waals surface area (Å²) in [6.07, 6.45) is 2.99. The fourth-order valence-electron chi connectivity index (χ4n) is 4.68. The van der Waals surface area contributed by atoms with Gasteiger partial charge in [-0.3, -0.25) is 9.48 Å². The fraction of sp³-hybridized carbons (Fsp3) is 0.286. The van der Waals surface area contributed by atoms with Gasteiger partial charge in [0.2, 0.25) is 5.91 Å². The number of hydrogen-bond acceptors (Lipinski definition) is 4. The number of anilines is 1. The number of halogens is 1. The molecule has 2 heterocycles. The first-order valence-corrected chi connectivity index (χ1v) is 12.1. The average Bonchev–Trinajstić information content (AvgIpc) is 3.23. The van der Waals surface area contributed by atoms with Crippen molar-refractivity contribution in [2.45, 2.75) is 38.8 Å². The summed E-state index contributed by atoms with van der Waals surface area (Å²) in [4.78, 5) is 15.5. The highest BCUT2D eigenvalue weighted by Crippen LogP contribution is 2.44. The number of carbonyl (C=O) groups is 1. The topological polar surface area (TPSA) is 56.6 Å². The minimum atomic E-state index is -0.345. The second-order valence-electron chi connectivity index (χ2n) is 8.94. The smallest absolute Gasteiger partial charge is 0.232 e. The van der Waals surface area contributed by atoms with Gasteiger partial charge in [-0.15, -0.1) is 0 Å². The Labute approximate surface area is 210 Å². The molecule has 1 aromatic heterocycles. The van der Waals surface area contributed by atoms with Crippen LogP contribution in [0.4, 0.5) is 5.69 Å². The molecule has 0 radical (unpaired) electrons. The Hall–Kier alpha value is -3.51. The summed E-state index contributed by atoms with van der Waals surface area (Å²) < 4.78 is 13.7. The molecule has 35 heavy (non-hydrogen) atoms. The molecule has 0 aliphatic carbocycles. The van der Waals surface area contributed by atoms with Crippen LogP contribution in [0.25, 0.3) is 10.9 Å². The zero-order chi connectivity index (χ0) is 24.7. The van der Waals surface area contributed by atoms with Gasteiger partial charge in [0.25, 0.3) is 0 Å². The second-order valence-corrected chi connectivity index (χ2v) is 9.38. The maximum Gasteiger partial charge on any atom is 0.232 e. The molecule has 5 rings (SSSR count). The van der Waals surface area contributed by atoms with Crippen molar-refractivity contribution in [1.29, 1.82) is 0 Å². The highest BCUT2D eigenvalue weighted by atomic mass is 35.5. The van der Waals surface area contributed by atoms with Crippen LogP contribution in [-0.4, -0.2) is 28.9 Å². The van der Waals surface area contributed by atoms with E-state index in [9.17, 15) is 4.79 Å². The third-order valence-electron chi connectivity index (χ3n) is 6.69. The van der Waals surface area contributed by atoms with Crippen molar-refractivity contribution < 1.29 is 14.3 Å². The summed E-state index contributed by atoms with van der Waals surface area (Å²) in [5.74, 6) is 1.33. The third kappa shape index (κ3) is 4.23. The standard InChI is InChI=1S/C28H28ClN3O3/c1-5-17(2)35-26-15-23-19(13-25(26)34-4)14-27(33)32(28(23)18-6-8-21(29)9-7-18)22-10-11-24-20(12-22)16-30-31(24)3/h6-13,15-17,28H,5,14H2,1-4H3. The van der Waals surface area contributed by atoms with E-state index >= 15 is 0 Å². The maximum atomic E-state index is 13.7. The molecular formula is C28H28ClN3O3. The number of aromatic nitrogens is 2. The molecule has 1 amide bonds. The lowest BCUT2D eigenvalue weighted by Gasteiger charge is -2.38. The molecular weight excluding hydrogens is 462 g/mol. The number of carbonyl (C=O) groups excluding carboxylic acids is 1. The van der Waals surface area contributed by atoms with Gasteiger partial charge in [-0.05, 0) is 72.5 Å². The molecule has 6 nitrogen and oxygen atoms in total. The summed E-state index contributed by atoms with van der Waals surface area (Å²) in [5.41, 5.74) is 4.74. The first-order chi connectivity index (χ1) is 16.9. The van der Waals surface area contributed by atoms with Crippen LogP contribution in [0.15, 0.2) is 60.8 Å². The Morgan fingerprint density at radius 1 is 1.11 bits per heavy atom. The molecule has 2 atom stereocenters. The summed E-state index contributed by atoms with van der Waals surface area (Å²) in [5, 5.41) is 5.99. The van der Waals surface area contributed by atoms with E-state index < -0.39 is 0 Å². The third-order valence-corrected chi connectivity index (χ3v) is 6.94. The van der Waals surface area contributed by atoms with Crippen LogP contribution >= 0.6 is 11.6 Å². The Morgan fingerprint density at radius 3 is 2.60 bits per heavy atom. The van der Waals surface area contributed by atoms with Gasteiger partial charge in [0.05, 0.1) is 37.4 Å². The van der Waals surface area contributed by atoms with Crippen molar-refractivity contribution in [1.82, 2.24) is 9.78 Å². The Balaban J connectivity index is 1.70. The van der Waals surface area contributed by atoms with Gasteiger partial charge >= 0.3 is 0 Å². The molecule has 0 N–H and O–H groups in total. The number of hydrogen-bond donors (Lipinski definition) is 0. The quantitative estimate of drug-likeness (QED) is 0.329. The highest BCUT2D eigenvalue weighted by Gasteiger charge is 2.36. The van der Waals surface area contributed by atoms with Gasteiger partial charge in [-0.1, -0.05) is 30.7 Å². The van der Waals surface area contributed by atoms with E-state index in [2.05, 4.69) is 12.0 Å². The van der Waals surface area contributed by atoms with E-state index in [0.717, 1.165) is 39.7 Å². The van der Waals surface area contributed by atoms with Crippen LogP contribution < -0.4 is 14.4 Å². The van der Waals surface area contributed by atoms with E-state index in [1.807, 2.05) is 84.3 Å². The normalized spacial score (nSPS) is 16.3. The predicted molar refractivity (Wildman–Crippen MR) is 139 cm³/mol. The molecule has 0 saturated carbocycles. The first kappa shape index (κ1) is 23.2. The van der Waals surface area contributed by atoms with Crippen molar-refractivity contribution >= 4 is 34.1 Å². The molecule has 3 aromatic carbocycles. The van der Waals surface area contributed by atoms with Crippen LogP contribution in [0.2, 0.25) is 5.02 Å². The van der Waals surface area contributed by atoms with Crippen molar-refractivity contribution in [3.8, 4) is 11.5 Å². The molecule has 0 saturated heterocycles. The van der Waals surface area contributed by atoms with E-state index in [4.69, 9.17) is 21.1 Å². The van der Waals surface area contributed by atoms with Gasteiger partial charge in [-0.2, -0.15) is 5.10 Å². The monoisotopic (exact) mass is 489 g/mol. The number of amides is 1. The average molecular weight is 490 g/mol. The molecule has 1 aliphatic rings. The Morgan fingerprint density at radius 2 is 1.89 bits per heavy atom. The number of nitrogens with zero attached hydrogens (tertiary/aromatic N) is 3. The van der Waals surface area contributed by atoms with Crippen LogP contribution in [0, 0.1) is 0 Å². The van der Waals surface area contributed by atoms with Gasteiger partial charge in [0.15, 0.2) is 11.5 Å². The zero-order valence-electron chi connectivity index (χ0n) is 20.3. The lowest BCUT2D eigenvalue weighted by Crippen LogP contribution is -2.41. The van der Waals surface area contributed by atoms with Crippen LogP contribution in [0.1, 0.15) is 43.0 Å². The molecule has 0 bridgehead atoms. The number of methoxy groups -OCH3 is 1. The molecule has 7 heteroatoms. The molecule has 0 spiro atoms. The largest absolute Gasteiger partial charge is 0.493 e. The predicted octanol–water partition coefficient (Wildman–Crippen LogP) is 6.09. The number of fused-ring (bicyclic) bond motifs is 2. The van der Waals surface area contributed by atoms with Crippen LogP contribution in [-0.2, 0) is 18.3 Å². The van der Waals surface area contributed by atoms with E-state index in [0.29, 0.717) is 16.5 Å². The van der Waals surface area contributed by atoms with Crippen molar-refractivity contribution in [3.05, 3.63) is 82.5 Å². The fourth-order valence-corrected chi connectivity index (χ4v) is 4.80. The number of ether oxygens (including phenoxy) is 2. The Kier molecular flexibility index (Phi) is 6.15. The molecule has 0 fully saturated rings. The Bertz CT molecular complexity index is 1400. The van der Waals surface area contributed by atoms with Gasteiger partial charge in [-0.25, -0.2) is 0 Å². The molecule has 4 aromatic rings. The summed E-state index contributed by atoms with van der Waals surface area (Å²) in [7, 11) is 3.54. The van der Waals surface area contributed by atoms with Gasteiger partial charge in [0.1, 0.15) is 0 Å². The molecule has 1 aliphatic heterocycles. The van der Waals surface area contributed by atoms with E-state index in [1.54, 1.807) is 7.11 Å². The number of aryl methyl sites for hydroxylation is 1. The molecule has 2 unspecified atom stereocenters. The summed E-state index contributed by atoms with van der Waals surface area (Å²) in [6, 6.07) is 17.3. The number of rotatable bonds is 6. The van der Waals surface area contributed by atoms with Crippen molar-refractivity contribution in [3.63, 3.8) is 0 Å². The van der Waals surface area contributed by atoms with E-state index in [1.165, 1.54) is 0 Å². The second kappa shape index (κ2) is 9.27. The lowest BCUT2D eigenvalue weighted by molar-refractivity contribution is -0.118. The van der Waals surface area contributed by atoms with Gasteiger partial charge in [0, 0.05) is 23.1 Å². The maximum absolute atomic E-state index is 13.7. The van der Waals surface area contributed by atoms with Crippen LogP contribution in [0.3, 0.4) is 0 Å². The summed E-state index contributed by atoms with van der Waals surface area (Å²) >= 11 is 6.21. The zero-order valence-corrected chi connectivity index (χ0v) is 21.0.